The van der Waals surface area contributed by atoms with Crippen LogP contribution in [0.1, 0.15) is 34.1 Å². The summed E-state index contributed by atoms with van der Waals surface area (Å²) < 4.78 is 5.27. The first-order valence-electron chi connectivity index (χ1n) is 5.58. The van der Waals surface area contributed by atoms with Crippen molar-refractivity contribution in [2.45, 2.75) is 34.1 Å². The molecule has 2 nitrogen and oxygen atoms in total. The van der Waals surface area contributed by atoms with E-state index in [0.29, 0.717) is 11.7 Å². The van der Waals surface area contributed by atoms with Gasteiger partial charge in [0.15, 0.2) is 0 Å². The number of hydrogen-bond acceptors (Lipinski definition) is 3. The van der Waals surface area contributed by atoms with Crippen molar-refractivity contribution >= 4 is 12.6 Å². The summed E-state index contributed by atoms with van der Waals surface area (Å²) in [6.45, 7) is 9.56. The molecule has 0 aromatic heterocycles. The molecule has 0 aromatic rings. The summed E-state index contributed by atoms with van der Waals surface area (Å²) in [6.07, 6.45) is 1.04. The van der Waals surface area contributed by atoms with Crippen molar-refractivity contribution in [3.05, 3.63) is 0 Å². The van der Waals surface area contributed by atoms with E-state index in [9.17, 15) is 5.11 Å². The molecule has 1 N–H and O–H groups in total. The third-order valence-corrected chi connectivity index (χ3v) is 4.15. The van der Waals surface area contributed by atoms with Crippen LogP contribution >= 0.6 is 12.6 Å². The van der Waals surface area contributed by atoms with Gasteiger partial charge in [-0.05, 0) is 17.1 Å². The van der Waals surface area contributed by atoms with Gasteiger partial charge in [-0.3, -0.25) is 0 Å². The Bertz CT molecular complexity index is 176. The van der Waals surface area contributed by atoms with Gasteiger partial charge in [-0.2, -0.15) is 12.6 Å². The van der Waals surface area contributed by atoms with Crippen LogP contribution in [-0.4, -0.2) is 31.2 Å². The number of aliphatic hydroxyl groups is 1. The highest BCUT2D eigenvalue weighted by molar-refractivity contribution is 7.80. The number of hydrogen-bond donors (Lipinski definition) is 2. The monoisotopic (exact) mass is 234 g/mol. The molecule has 2 unspecified atom stereocenters. The Kier molecular flexibility index (Phi) is 6.23. The predicted molar refractivity (Wildman–Crippen MR) is 68.5 cm³/mol. The Hall–Kier alpha value is 0.270. The maximum atomic E-state index is 9.53. The second-order valence-electron chi connectivity index (χ2n) is 5.35. The molecule has 0 saturated carbocycles. The zero-order valence-corrected chi connectivity index (χ0v) is 11.6. The minimum atomic E-state index is -0.125. The topological polar surface area (TPSA) is 29.5 Å². The van der Waals surface area contributed by atoms with Crippen molar-refractivity contribution in [3.8, 4) is 0 Å². The molecule has 2 atom stereocenters. The molecule has 0 aliphatic carbocycles. The minimum Gasteiger partial charge on any atom is -0.396 e. The molecule has 3 heteroatoms. The highest BCUT2D eigenvalue weighted by Gasteiger charge is 2.41. The molecule has 0 aliphatic heterocycles. The SMILES string of the molecule is CCC(C(C)(C)COC)C(C)(CO)CS. The summed E-state index contributed by atoms with van der Waals surface area (Å²) in [6, 6.07) is 0. The van der Waals surface area contributed by atoms with Crippen LogP contribution in [0.3, 0.4) is 0 Å². The van der Waals surface area contributed by atoms with Gasteiger partial charge in [0.1, 0.15) is 0 Å². The van der Waals surface area contributed by atoms with E-state index >= 15 is 0 Å². The molecule has 0 aliphatic rings. The molecule has 15 heavy (non-hydrogen) atoms. The molecule has 92 valence electrons. The van der Waals surface area contributed by atoms with Crippen LogP contribution in [0.25, 0.3) is 0 Å². The van der Waals surface area contributed by atoms with Crippen molar-refractivity contribution in [3.63, 3.8) is 0 Å². The second kappa shape index (κ2) is 6.12. The molecule has 0 spiro atoms. The van der Waals surface area contributed by atoms with Gasteiger partial charge in [-0.15, -0.1) is 0 Å². The lowest BCUT2D eigenvalue weighted by molar-refractivity contribution is -0.0207. The van der Waals surface area contributed by atoms with Crippen molar-refractivity contribution in [1.29, 1.82) is 0 Å². The van der Waals surface area contributed by atoms with Crippen LogP contribution in [0.15, 0.2) is 0 Å². The van der Waals surface area contributed by atoms with Gasteiger partial charge in [-0.1, -0.05) is 34.1 Å². The summed E-state index contributed by atoms with van der Waals surface area (Å²) in [7, 11) is 1.73. The first-order valence-corrected chi connectivity index (χ1v) is 6.22. The Morgan fingerprint density at radius 1 is 1.33 bits per heavy atom. The van der Waals surface area contributed by atoms with Crippen LogP contribution in [-0.2, 0) is 4.74 Å². The van der Waals surface area contributed by atoms with Crippen LogP contribution < -0.4 is 0 Å². The first kappa shape index (κ1) is 15.3. The highest BCUT2D eigenvalue weighted by Crippen LogP contribution is 2.43. The molecule has 0 fully saturated rings. The van der Waals surface area contributed by atoms with Crippen LogP contribution in [0.2, 0.25) is 0 Å². The van der Waals surface area contributed by atoms with Crippen molar-refractivity contribution in [1.82, 2.24) is 0 Å². The minimum absolute atomic E-state index is 0.0731. The summed E-state index contributed by atoms with van der Waals surface area (Å²) in [5.74, 6) is 1.11. The van der Waals surface area contributed by atoms with E-state index in [0.717, 1.165) is 13.0 Å². The van der Waals surface area contributed by atoms with Gasteiger partial charge < -0.3 is 9.84 Å². The van der Waals surface area contributed by atoms with E-state index in [1.807, 2.05) is 0 Å². The summed E-state index contributed by atoms with van der Waals surface area (Å²) in [5.41, 5.74) is -0.0520. The zero-order valence-electron chi connectivity index (χ0n) is 10.7. The van der Waals surface area contributed by atoms with Crippen LogP contribution in [0.4, 0.5) is 0 Å². The third kappa shape index (κ3) is 3.65. The average Bonchev–Trinajstić information content (AvgIpc) is 2.17. The van der Waals surface area contributed by atoms with Crippen molar-refractivity contribution < 1.29 is 9.84 Å². The fraction of sp³-hybridized carbons (Fsp3) is 1.00. The molecule has 0 aromatic carbocycles. The van der Waals surface area contributed by atoms with E-state index in [4.69, 9.17) is 4.74 Å². The number of ether oxygens (including phenoxy) is 1. The Morgan fingerprint density at radius 3 is 2.13 bits per heavy atom. The smallest absolute Gasteiger partial charge is 0.0516 e. The molecular formula is C12H26O2S. The lowest BCUT2D eigenvalue weighted by Crippen LogP contribution is -2.43. The Labute approximate surface area is 99.8 Å². The van der Waals surface area contributed by atoms with E-state index in [2.05, 4.69) is 40.3 Å². The van der Waals surface area contributed by atoms with Crippen LogP contribution in [0.5, 0.6) is 0 Å². The normalized spacial score (nSPS) is 18.6. The number of aliphatic hydroxyl groups excluding tert-OH is 1. The third-order valence-electron chi connectivity index (χ3n) is 3.43. The van der Waals surface area contributed by atoms with Gasteiger partial charge in [0, 0.05) is 19.1 Å². The maximum Gasteiger partial charge on any atom is 0.0516 e. The lowest BCUT2D eigenvalue weighted by Gasteiger charge is -2.44. The van der Waals surface area contributed by atoms with Gasteiger partial charge >= 0.3 is 0 Å². The average molecular weight is 234 g/mol. The fourth-order valence-corrected chi connectivity index (χ4v) is 3.05. The van der Waals surface area contributed by atoms with Gasteiger partial charge in [-0.25, -0.2) is 0 Å². The summed E-state index contributed by atoms with van der Waals surface area (Å²) >= 11 is 4.37. The van der Waals surface area contributed by atoms with E-state index < -0.39 is 0 Å². The highest BCUT2D eigenvalue weighted by atomic mass is 32.1. The van der Waals surface area contributed by atoms with Gasteiger partial charge in [0.25, 0.3) is 0 Å². The fourth-order valence-electron chi connectivity index (χ4n) is 2.73. The van der Waals surface area contributed by atoms with Gasteiger partial charge in [0.05, 0.1) is 6.61 Å². The lowest BCUT2D eigenvalue weighted by atomic mass is 9.64. The standard InChI is InChI=1S/C12H26O2S/c1-6-10(11(2,3)8-14-5)12(4,7-13)9-15/h10,13,15H,6-9H2,1-5H3. The van der Waals surface area contributed by atoms with E-state index in [-0.39, 0.29) is 17.4 Å². The Balaban J connectivity index is 4.87. The predicted octanol–water partition coefficient (Wildman–Crippen LogP) is 2.61. The zero-order chi connectivity index (χ0) is 12.1. The van der Waals surface area contributed by atoms with Gasteiger partial charge in [0.2, 0.25) is 0 Å². The number of thiol groups is 1. The van der Waals surface area contributed by atoms with Crippen molar-refractivity contribution in [2.24, 2.45) is 16.7 Å². The molecule has 0 rings (SSSR count). The molecule has 0 amide bonds. The molecule has 0 saturated heterocycles. The Morgan fingerprint density at radius 2 is 1.87 bits per heavy atom. The van der Waals surface area contributed by atoms with Crippen molar-refractivity contribution in [2.75, 3.05) is 26.1 Å². The summed E-state index contributed by atoms with van der Waals surface area (Å²) in [4.78, 5) is 0. The second-order valence-corrected chi connectivity index (χ2v) is 5.67. The largest absolute Gasteiger partial charge is 0.396 e. The molecule has 0 heterocycles. The van der Waals surface area contributed by atoms with Crippen LogP contribution in [0, 0.1) is 16.7 Å². The number of methoxy groups -OCH3 is 1. The number of rotatable bonds is 7. The quantitative estimate of drug-likeness (QED) is 0.663. The first-order chi connectivity index (χ1) is 6.87. The summed E-state index contributed by atoms with van der Waals surface area (Å²) in [5, 5.41) is 9.53. The molecular weight excluding hydrogens is 208 g/mol. The van der Waals surface area contributed by atoms with E-state index in [1.54, 1.807) is 7.11 Å². The molecule has 0 bridgehead atoms. The van der Waals surface area contributed by atoms with E-state index in [1.165, 1.54) is 0 Å². The maximum absolute atomic E-state index is 9.53. The molecule has 0 radical (unpaired) electrons.